The number of hydrogen-bond donors (Lipinski definition) is 2. The lowest BCUT2D eigenvalue weighted by molar-refractivity contribution is -0.377. The van der Waals surface area contributed by atoms with E-state index in [1.165, 1.54) is 0 Å². The Morgan fingerprint density at radius 1 is 1.26 bits per heavy atom. The molecule has 19 heavy (non-hydrogen) atoms. The number of aromatic amines is 1. The van der Waals surface area contributed by atoms with E-state index in [0.29, 0.717) is 25.9 Å². The van der Waals surface area contributed by atoms with Gasteiger partial charge in [0.2, 0.25) is 0 Å². The van der Waals surface area contributed by atoms with Gasteiger partial charge >= 0.3 is 12.0 Å². The second-order valence-corrected chi connectivity index (χ2v) is 4.32. The number of pyridine rings is 1. The van der Waals surface area contributed by atoms with Crippen molar-refractivity contribution < 1.29 is 32.1 Å². The highest BCUT2D eigenvalue weighted by Crippen LogP contribution is 2.18. The third kappa shape index (κ3) is 4.10. The van der Waals surface area contributed by atoms with Crippen LogP contribution >= 0.6 is 0 Å². The van der Waals surface area contributed by atoms with Crippen molar-refractivity contribution in [2.45, 2.75) is 12.8 Å². The Labute approximate surface area is 117 Å². The standard InChI is InChI=1S/C12H15N3O3.ClH/c16-11(17)9-3-7-15(8-4-9)12(18)14-10-1-5-13-6-2-10;/h1-2,5-6,9H,3-4,7-8H2,(H,16,17)(H,13,14,18);1H. The number of rotatable bonds is 2. The predicted octanol–water partition coefficient (Wildman–Crippen LogP) is -2.17. The maximum atomic E-state index is 11.9. The zero-order valence-electron chi connectivity index (χ0n) is 10.3. The van der Waals surface area contributed by atoms with Crippen LogP contribution in [0, 0.1) is 5.92 Å². The number of urea groups is 1. The van der Waals surface area contributed by atoms with Gasteiger partial charge in [0.1, 0.15) is 0 Å². The van der Waals surface area contributed by atoms with Crippen LogP contribution in [0.25, 0.3) is 0 Å². The Morgan fingerprint density at radius 3 is 2.37 bits per heavy atom. The van der Waals surface area contributed by atoms with Crippen LogP contribution in [0.4, 0.5) is 10.5 Å². The van der Waals surface area contributed by atoms with Crippen molar-refractivity contribution >= 4 is 17.7 Å². The largest absolute Gasteiger partial charge is 1.00 e. The number of aliphatic carboxylic acids is 1. The van der Waals surface area contributed by atoms with E-state index in [1.807, 2.05) is 0 Å². The van der Waals surface area contributed by atoms with E-state index in [1.54, 1.807) is 29.4 Å². The second-order valence-electron chi connectivity index (χ2n) is 4.32. The van der Waals surface area contributed by atoms with Crippen LogP contribution in [0.2, 0.25) is 0 Å². The van der Waals surface area contributed by atoms with Crippen molar-refractivity contribution in [3.05, 3.63) is 24.5 Å². The summed E-state index contributed by atoms with van der Waals surface area (Å²) in [4.78, 5) is 27.2. The quantitative estimate of drug-likeness (QED) is 0.649. The summed E-state index contributed by atoms with van der Waals surface area (Å²) in [5.41, 5.74) is 0.721. The molecule has 0 bridgehead atoms. The van der Waals surface area contributed by atoms with Crippen LogP contribution in [0.15, 0.2) is 24.5 Å². The number of carbonyl (C=O) groups is 2. The first kappa shape index (κ1) is 15.2. The first-order valence-electron chi connectivity index (χ1n) is 5.91. The van der Waals surface area contributed by atoms with Gasteiger partial charge in [0.25, 0.3) is 0 Å². The number of anilines is 1. The summed E-state index contributed by atoms with van der Waals surface area (Å²) in [6.45, 7) is 0.976. The van der Waals surface area contributed by atoms with Gasteiger partial charge in [-0.05, 0) is 12.8 Å². The minimum absolute atomic E-state index is 0. The number of nitrogens with one attached hydrogen (secondary N) is 2. The molecule has 1 fully saturated rings. The van der Waals surface area contributed by atoms with Crippen molar-refractivity contribution in [1.82, 2.24) is 4.90 Å². The summed E-state index contributed by atoms with van der Waals surface area (Å²) < 4.78 is 0. The minimum Gasteiger partial charge on any atom is -1.00 e. The van der Waals surface area contributed by atoms with Gasteiger partial charge in [-0.15, -0.1) is 0 Å². The zero-order chi connectivity index (χ0) is 13.0. The van der Waals surface area contributed by atoms with Crippen molar-refractivity contribution in [3.8, 4) is 0 Å². The number of piperidine rings is 1. The molecule has 0 atom stereocenters. The number of carboxylic acid groups (broad SMARTS) is 1. The number of H-pyrrole nitrogens is 1. The molecule has 7 heteroatoms. The van der Waals surface area contributed by atoms with Crippen LogP contribution in [0.1, 0.15) is 12.8 Å². The summed E-state index contributed by atoms with van der Waals surface area (Å²) in [6.07, 6.45) is 4.50. The van der Waals surface area contributed by atoms with E-state index in [9.17, 15) is 9.59 Å². The predicted molar refractivity (Wildman–Crippen MR) is 63.9 cm³/mol. The van der Waals surface area contributed by atoms with Gasteiger partial charge in [-0.1, -0.05) is 0 Å². The number of halogens is 1. The highest BCUT2D eigenvalue weighted by Gasteiger charge is 2.26. The van der Waals surface area contributed by atoms with E-state index < -0.39 is 5.97 Å². The molecule has 0 unspecified atom stereocenters. The molecule has 1 aromatic rings. The average Bonchev–Trinajstić information content (AvgIpc) is 2.40. The number of carboxylic acids is 1. The van der Waals surface area contributed by atoms with Crippen molar-refractivity contribution in [3.63, 3.8) is 0 Å². The normalized spacial score (nSPS) is 15.5. The third-order valence-electron chi connectivity index (χ3n) is 3.10. The van der Waals surface area contributed by atoms with Gasteiger partial charge in [-0.25, -0.2) is 9.78 Å². The highest BCUT2D eigenvalue weighted by molar-refractivity contribution is 5.89. The van der Waals surface area contributed by atoms with Crippen LogP contribution in [0.3, 0.4) is 0 Å². The zero-order valence-corrected chi connectivity index (χ0v) is 11.1. The molecule has 0 aliphatic carbocycles. The maximum Gasteiger partial charge on any atom is 0.321 e. The van der Waals surface area contributed by atoms with Gasteiger partial charge in [0.05, 0.1) is 11.6 Å². The summed E-state index contributed by atoms with van der Waals surface area (Å²) in [7, 11) is 0. The first-order valence-corrected chi connectivity index (χ1v) is 5.91. The number of nitrogens with zero attached hydrogens (tertiary/aromatic N) is 1. The molecule has 104 valence electrons. The number of hydrogen-bond acceptors (Lipinski definition) is 2. The van der Waals surface area contributed by atoms with Gasteiger partial charge in [-0.2, -0.15) is 0 Å². The Balaban J connectivity index is 0.00000180. The van der Waals surface area contributed by atoms with E-state index in [4.69, 9.17) is 5.11 Å². The molecule has 2 heterocycles. The van der Waals surface area contributed by atoms with Crippen LogP contribution < -0.4 is 22.7 Å². The average molecular weight is 286 g/mol. The van der Waals surface area contributed by atoms with Gasteiger partial charge in [-0.3, -0.25) is 4.79 Å². The summed E-state index contributed by atoms with van der Waals surface area (Å²) in [5, 5.41) is 11.7. The van der Waals surface area contributed by atoms with Gasteiger partial charge in [0, 0.05) is 25.2 Å². The van der Waals surface area contributed by atoms with E-state index >= 15 is 0 Å². The minimum atomic E-state index is -0.770. The Morgan fingerprint density at radius 2 is 1.84 bits per heavy atom. The fourth-order valence-electron chi connectivity index (χ4n) is 2.00. The number of carbonyl (C=O) groups excluding carboxylic acids is 1. The smallest absolute Gasteiger partial charge is 0.321 e. The Hall–Kier alpha value is -1.82. The molecule has 3 N–H and O–H groups in total. The van der Waals surface area contributed by atoms with E-state index in [-0.39, 0.29) is 24.4 Å². The fraction of sp³-hybridized carbons (Fsp3) is 0.417. The first-order chi connectivity index (χ1) is 8.66. The number of amides is 2. The number of likely N-dealkylation sites (tertiary alicyclic amines) is 1. The molecule has 1 aliphatic rings. The molecule has 0 saturated carbocycles. The van der Waals surface area contributed by atoms with Crippen molar-refractivity contribution in [2.75, 3.05) is 18.4 Å². The third-order valence-corrected chi connectivity index (χ3v) is 3.10. The molecule has 0 aromatic carbocycles. The number of aromatic nitrogens is 1. The van der Waals surface area contributed by atoms with E-state index in [2.05, 4.69) is 10.3 Å². The Kier molecular flexibility index (Phi) is 5.57. The summed E-state index contributed by atoms with van der Waals surface area (Å²) >= 11 is 0. The fourth-order valence-corrected chi connectivity index (χ4v) is 2.00. The SMILES string of the molecule is O=C(O)C1CCN(C(=O)Nc2cc[nH+]cc2)CC1.[Cl-]. The lowest BCUT2D eigenvalue weighted by atomic mass is 9.97. The molecular formula is C12H16ClN3O3. The van der Waals surface area contributed by atoms with Crippen LogP contribution in [0.5, 0.6) is 0 Å². The monoisotopic (exact) mass is 285 g/mol. The molecule has 0 radical (unpaired) electrons. The van der Waals surface area contributed by atoms with Gasteiger partial charge < -0.3 is 27.7 Å². The van der Waals surface area contributed by atoms with Crippen LogP contribution in [-0.2, 0) is 4.79 Å². The molecule has 0 spiro atoms. The summed E-state index contributed by atoms with van der Waals surface area (Å²) in [6, 6.07) is 3.36. The van der Waals surface area contributed by atoms with Crippen molar-refractivity contribution in [2.24, 2.45) is 5.92 Å². The second kappa shape index (κ2) is 6.94. The highest BCUT2D eigenvalue weighted by atomic mass is 35.5. The molecule has 1 aromatic heterocycles. The summed E-state index contributed by atoms with van der Waals surface area (Å²) in [5.74, 6) is -1.09. The molecule has 1 aliphatic heterocycles. The van der Waals surface area contributed by atoms with Gasteiger partial charge in [0.15, 0.2) is 12.4 Å². The molecule has 2 rings (SSSR count). The maximum absolute atomic E-state index is 11.9. The molecular weight excluding hydrogens is 270 g/mol. The lowest BCUT2D eigenvalue weighted by Gasteiger charge is -2.30. The topological polar surface area (TPSA) is 83.8 Å². The lowest BCUT2D eigenvalue weighted by Crippen LogP contribution is -3.00. The Bertz CT molecular complexity index is 433. The van der Waals surface area contributed by atoms with Crippen molar-refractivity contribution in [1.29, 1.82) is 0 Å². The molecule has 1 saturated heterocycles. The van der Waals surface area contributed by atoms with E-state index in [0.717, 1.165) is 5.69 Å². The van der Waals surface area contributed by atoms with Crippen LogP contribution in [-0.4, -0.2) is 35.1 Å². The molecule has 6 nitrogen and oxygen atoms in total. The molecule has 2 amide bonds.